The molecule has 0 aromatic heterocycles. The van der Waals surface area contributed by atoms with E-state index in [1.165, 1.54) is 49.8 Å². The Kier molecular flexibility index (Phi) is 8.14. The fraction of sp³-hybridized carbons (Fsp3) is 0.629. The van der Waals surface area contributed by atoms with E-state index in [9.17, 15) is 18.0 Å². The number of hydrogen-bond donors (Lipinski definition) is 0. The molecule has 4 aliphatic rings. The molecule has 0 spiro atoms. The molecule has 6 rings (SSSR count). The number of carbonyl (C=O) groups excluding carboxylic acids is 1. The molecule has 5 heteroatoms. The van der Waals surface area contributed by atoms with Gasteiger partial charge in [-0.1, -0.05) is 67.8 Å². The van der Waals surface area contributed by atoms with Gasteiger partial charge in [0.1, 0.15) is 5.78 Å². The van der Waals surface area contributed by atoms with E-state index in [1.807, 2.05) is 6.07 Å². The van der Waals surface area contributed by atoms with Crippen LogP contribution in [0, 0.1) is 17.3 Å². The minimum absolute atomic E-state index is 0.120. The normalized spacial score (nSPS) is 32.4. The smallest absolute Gasteiger partial charge is 0.300 e. The molecule has 3 unspecified atom stereocenters. The van der Waals surface area contributed by atoms with Crippen LogP contribution in [0.15, 0.2) is 54.6 Å². The van der Waals surface area contributed by atoms with Crippen LogP contribution in [0.2, 0.25) is 0 Å². The van der Waals surface area contributed by atoms with Crippen LogP contribution in [0.4, 0.5) is 13.2 Å². The number of halogens is 3. The van der Waals surface area contributed by atoms with Gasteiger partial charge in [-0.15, -0.1) is 0 Å². The minimum Gasteiger partial charge on any atom is -0.300 e. The van der Waals surface area contributed by atoms with Gasteiger partial charge in [0.15, 0.2) is 0 Å². The van der Waals surface area contributed by atoms with Gasteiger partial charge in [0.25, 0.3) is 0 Å². The molecule has 1 heterocycles. The average molecular weight is 552 g/mol. The van der Waals surface area contributed by atoms with E-state index in [4.69, 9.17) is 0 Å². The van der Waals surface area contributed by atoms with Gasteiger partial charge >= 0.3 is 6.18 Å². The topological polar surface area (TPSA) is 20.3 Å². The lowest BCUT2D eigenvalue weighted by Gasteiger charge is -2.38. The van der Waals surface area contributed by atoms with Gasteiger partial charge < -0.3 is 4.90 Å². The molecule has 2 aromatic carbocycles. The van der Waals surface area contributed by atoms with E-state index >= 15 is 0 Å². The van der Waals surface area contributed by atoms with Crippen molar-refractivity contribution in [1.82, 2.24) is 4.90 Å². The third-order valence-corrected chi connectivity index (χ3v) is 11.2. The minimum atomic E-state index is -4.30. The molecule has 2 aromatic rings. The van der Waals surface area contributed by atoms with Gasteiger partial charge in [0, 0.05) is 17.4 Å². The molecule has 40 heavy (non-hydrogen) atoms. The fourth-order valence-electron chi connectivity index (χ4n) is 9.10. The van der Waals surface area contributed by atoms with Crippen LogP contribution in [0.25, 0.3) is 0 Å². The molecule has 3 atom stereocenters. The Bertz CT molecular complexity index is 1140. The summed E-state index contributed by atoms with van der Waals surface area (Å²) in [5.74, 6) is 2.04. The summed E-state index contributed by atoms with van der Waals surface area (Å²) in [5.41, 5.74) is 1.61. The maximum atomic E-state index is 14.3. The molecule has 3 aliphatic carbocycles. The van der Waals surface area contributed by atoms with Crippen molar-refractivity contribution in [3.05, 3.63) is 71.3 Å². The maximum Gasteiger partial charge on any atom is 0.416 e. The lowest BCUT2D eigenvalue weighted by molar-refractivity contribution is -0.137. The summed E-state index contributed by atoms with van der Waals surface area (Å²) in [6.07, 6.45) is 9.21. The highest BCUT2D eigenvalue weighted by Gasteiger charge is 2.56. The summed E-state index contributed by atoms with van der Waals surface area (Å²) < 4.78 is 39.8. The number of carbonyl (C=O) groups is 1. The largest absolute Gasteiger partial charge is 0.416 e. The SMILES string of the molecule is O=C(C1CCCC(c2cccc(C(F)(F)F)c2)CCC1)C12CCCC1CC(N1CCC(c3ccccc3)CC1)C2. The highest BCUT2D eigenvalue weighted by molar-refractivity contribution is 5.88. The maximum absolute atomic E-state index is 14.3. The Hall–Kier alpha value is -2.14. The number of nitrogens with zero attached hydrogens (tertiary/aromatic N) is 1. The van der Waals surface area contributed by atoms with Gasteiger partial charge in [-0.2, -0.15) is 13.2 Å². The Morgan fingerprint density at radius 1 is 0.775 bits per heavy atom. The number of Topliss-reactive ketones (excluding diaryl/α,β-unsaturated/α-hetero) is 1. The average Bonchev–Trinajstić information content (AvgIpc) is 3.52. The third kappa shape index (κ3) is 5.65. The molecular weight excluding hydrogens is 507 g/mol. The Morgan fingerprint density at radius 2 is 1.45 bits per heavy atom. The Labute approximate surface area is 237 Å². The first-order valence-electron chi connectivity index (χ1n) is 15.8. The van der Waals surface area contributed by atoms with Crippen LogP contribution in [-0.2, 0) is 11.0 Å². The van der Waals surface area contributed by atoms with Crippen LogP contribution in [0.5, 0.6) is 0 Å². The van der Waals surface area contributed by atoms with E-state index in [-0.39, 0.29) is 17.3 Å². The summed E-state index contributed by atoms with van der Waals surface area (Å²) in [4.78, 5) is 17.0. The predicted molar refractivity (Wildman–Crippen MR) is 153 cm³/mol. The van der Waals surface area contributed by atoms with Crippen LogP contribution >= 0.6 is 0 Å². The molecule has 0 radical (unpaired) electrons. The summed E-state index contributed by atoms with van der Waals surface area (Å²) >= 11 is 0. The number of benzene rings is 2. The predicted octanol–water partition coefficient (Wildman–Crippen LogP) is 9.16. The molecule has 1 aliphatic heterocycles. The fourth-order valence-corrected chi connectivity index (χ4v) is 9.10. The van der Waals surface area contributed by atoms with Crippen molar-refractivity contribution < 1.29 is 18.0 Å². The van der Waals surface area contributed by atoms with Crippen molar-refractivity contribution in [3.8, 4) is 0 Å². The second-order valence-electron chi connectivity index (χ2n) is 13.3. The summed E-state index contributed by atoms with van der Waals surface area (Å²) in [7, 11) is 0. The van der Waals surface area contributed by atoms with E-state index < -0.39 is 11.7 Å². The van der Waals surface area contributed by atoms with E-state index in [2.05, 4.69) is 35.2 Å². The van der Waals surface area contributed by atoms with Crippen molar-refractivity contribution in [2.24, 2.45) is 17.3 Å². The first-order valence-corrected chi connectivity index (χ1v) is 15.8. The zero-order chi connectivity index (χ0) is 27.7. The molecule has 0 bridgehead atoms. The van der Waals surface area contributed by atoms with Gasteiger partial charge in [-0.3, -0.25) is 4.79 Å². The first kappa shape index (κ1) is 28.0. The van der Waals surface area contributed by atoms with Gasteiger partial charge in [0.2, 0.25) is 0 Å². The summed E-state index contributed by atoms with van der Waals surface area (Å²) in [6, 6.07) is 17.4. The van der Waals surface area contributed by atoms with E-state index in [0.29, 0.717) is 23.7 Å². The standard InChI is InChI=1S/C35H44F3NO/c36-35(37,38)31-15-6-14-29(22-31)26-10-4-12-28(13-5-11-26)33(40)34-19-7-16-30(34)23-32(24-34)39-20-17-27(18-21-39)25-8-2-1-3-9-25/h1-3,6,8-9,14-15,22,26-28,30,32H,4-5,7,10-13,16-21,23-24H2. The zero-order valence-electron chi connectivity index (χ0n) is 23.7. The molecule has 0 N–H and O–H groups in total. The number of rotatable bonds is 5. The van der Waals surface area contributed by atoms with Crippen molar-refractivity contribution >= 4 is 5.78 Å². The Morgan fingerprint density at radius 3 is 2.15 bits per heavy atom. The second-order valence-corrected chi connectivity index (χ2v) is 13.3. The number of ketones is 1. The van der Waals surface area contributed by atoms with Crippen LogP contribution in [0.3, 0.4) is 0 Å². The van der Waals surface area contributed by atoms with Crippen molar-refractivity contribution in [1.29, 1.82) is 0 Å². The Balaban J connectivity index is 1.06. The van der Waals surface area contributed by atoms with Crippen molar-refractivity contribution in [3.63, 3.8) is 0 Å². The molecule has 216 valence electrons. The number of likely N-dealkylation sites (tertiary alicyclic amines) is 1. The number of piperidine rings is 1. The summed E-state index contributed by atoms with van der Waals surface area (Å²) in [5, 5.41) is 0. The van der Waals surface area contributed by atoms with E-state index in [1.54, 1.807) is 6.07 Å². The molecule has 3 saturated carbocycles. The van der Waals surface area contributed by atoms with Crippen LogP contribution in [-0.4, -0.2) is 29.8 Å². The molecular formula is C35H44F3NO. The monoisotopic (exact) mass is 551 g/mol. The number of hydrogen-bond acceptors (Lipinski definition) is 2. The van der Waals surface area contributed by atoms with Crippen LogP contribution < -0.4 is 0 Å². The van der Waals surface area contributed by atoms with Crippen LogP contribution in [0.1, 0.15) is 112 Å². The van der Waals surface area contributed by atoms with Crippen molar-refractivity contribution in [2.75, 3.05) is 13.1 Å². The van der Waals surface area contributed by atoms with Gasteiger partial charge in [-0.05, 0) is 112 Å². The number of alkyl halides is 3. The first-order chi connectivity index (χ1) is 19.3. The van der Waals surface area contributed by atoms with E-state index in [0.717, 1.165) is 70.0 Å². The third-order valence-electron chi connectivity index (χ3n) is 11.2. The lowest BCUT2D eigenvalue weighted by atomic mass is 9.69. The van der Waals surface area contributed by atoms with Gasteiger partial charge in [-0.25, -0.2) is 0 Å². The molecule has 4 fully saturated rings. The van der Waals surface area contributed by atoms with Crippen molar-refractivity contribution in [2.45, 2.75) is 108 Å². The zero-order valence-corrected chi connectivity index (χ0v) is 23.7. The number of fused-ring (bicyclic) bond motifs is 1. The van der Waals surface area contributed by atoms with Gasteiger partial charge in [0.05, 0.1) is 5.56 Å². The molecule has 0 amide bonds. The summed E-state index contributed by atoms with van der Waals surface area (Å²) in [6.45, 7) is 2.28. The highest BCUT2D eigenvalue weighted by atomic mass is 19.4. The molecule has 2 nitrogen and oxygen atoms in total. The quantitative estimate of drug-likeness (QED) is 0.369. The molecule has 1 saturated heterocycles. The highest BCUT2D eigenvalue weighted by Crippen LogP contribution is 2.58. The second kappa shape index (κ2) is 11.6. The lowest BCUT2D eigenvalue weighted by Crippen LogP contribution is -2.42.